The number of carbonyl (C=O) groups is 1. The van der Waals surface area contributed by atoms with E-state index in [0.717, 1.165) is 23.6 Å². The lowest BCUT2D eigenvalue weighted by molar-refractivity contribution is -0.115. The largest absolute Gasteiger partial charge is 0.308 e. The first-order chi connectivity index (χ1) is 8.83. The Morgan fingerprint density at radius 2 is 2.17 bits per heavy atom. The molecule has 4 heteroatoms. The second-order valence-electron chi connectivity index (χ2n) is 4.83. The standard InChI is InChI=1S/C14H16N2OS/c17-14-12(9-11-7-4-8-18-11)15-13(16-14)10-5-2-1-3-6-10/h4,7-10H,1-3,5-6H2,(H,15,16,17)/b12-9+. The van der Waals surface area contributed by atoms with Gasteiger partial charge < -0.3 is 5.32 Å². The smallest absolute Gasteiger partial charge is 0.275 e. The lowest BCUT2D eigenvalue weighted by Gasteiger charge is -2.20. The summed E-state index contributed by atoms with van der Waals surface area (Å²) < 4.78 is 0. The fourth-order valence-electron chi connectivity index (χ4n) is 2.56. The third-order valence-electron chi connectivity index (χ3n) is 3.53. The van der Waals surface area contributed by atoms with E-state index in [9.17, 15) is 4.79 Å². The number of rotatable bonds is 2. The van der Waals surface area contributed by atoms with Crippen LogP contribution in [0.4, 0.5) is 0 Å². The first-order valence-corrected chi connectivity index (χ1v) is 7.36. The first-order valence-electron chi connectivity index (χ1n) is 6.48. The van der Waals surface area contributed by atoms with Gasteiger partial charge in [-0.2, -0.15) is 0 Å². The number of carbonyl (C=O) groups excluding carboxylic acids is 1. The summed E-state index contributed by atoms with van der Waals surface area (Å²) in [7, 11) is 0. The van der Waals surface area contributed by atoms with E-state index in [1.807, 2.05) is 23.6 Å². The van der Waals surface area contributed by atoms with Crippen molar-refractivity contribution < 1.29 is 4.79 Å². The van der Waals surface area contributed by atoms with Crippen molar-refractivity contribution in [3.63, 3.8) is 0 Å². The van der Waals surface area contributed by atoms with E-state index in [1.54, 1.807) is 11.3 Å². The summed E-state index contributed by atoms with van der Waals surface area (Å²) in [6.45, 7) is 0. The Morgan fingerprint density at radius 1 is 1.33 bits per heavy atom. The summed E-state index contributed by atoms with van der Waals surface area (Å²) in [6.07, 6.45) is 8.01. The number of aliphatic imine (C=N–C) groups is 1. The number of hydrogen-bond donors (Lipinski definition) is 1. The van der Waals surface area contributed by atoms with Crippen molar-refractivity contribution in [2.24, 2.45) is 10.9 Å². The van der Waals surface area contributed by atoms with Gasteiger partial charge in [-0.05, 0) is 30.4 Å². The SMILES string of the molecule is O=C1NC(C2CCCCC2)=N/C1=C/c1cccs1. The van der Waals surface area contributed by atoms with E-state index in [4.69, 9.17) is 0 Å². The van der Waals surface area contributed by atoms with Crippen LogP contribution < -0.4 is 5.32 Å². The van der Waals surface area contributed by atoms with Crippen molar-refractivity contribution in [1.82, 2.24) is 5.32 Å². The maximum Gasteiger partial charge on any atom is 0.275 e. The van der Waals surface area contributed by atoms with Gasteiger partial charge in [-0.3, -0.25) is 4.79 Å². The van der Waals surface area contributed by atoms with Gasteiger partial charge >= 0.3 is 0 Å². The molecule has 1 aromatic rings. The predicted octanol–water partition coefficient (Wildman–Crippen LogP) is 3.20. The van der Waals surface area contributed by atoms with E-state index in [-0.39, 0.29) is 5.91 Å². The summed E-state index contributed by atoms with van der Waals surface area (Å²) in [5, 5.41) is 4.94. The molecule has 18 heavy (non-hydrogen) atoms. The van der Waals surface area contributed by atoms with Gasteiger partial charge in [0, 0.05) is 10.8 Å². The highest BCUT2D eigenvalue weighted by atomic mass is 32.1. The van der Waals surface area contributed by atoms with Gasteiger partial charge in [-0.1, -0.05) is 25.3 Å². The lowest BCUT2D eigenvalue weighted by atomic mass is 9.88. The number of nitrogens with zero attached hydrogens (tertiary/aromatic N) is 1. The summed E-state index contributed by atoms with van der Waals surface area (Å²) in [5.74, 6) is 1.29. The van der Waals surface area contributed by atoms with Crippen LogP contribution in [0.1, 0.15) is 37.0 Å². The average molecular weight is 260 g/mol. The normalized spacial score (nSPS) is 23.2. The van der Waals surface area contributed by atoms with Gasteiger partial charge in [0.25, 0.3) is 5.91 Å². The van der Waals surface area contributed by atoms with Crippen LogP contribution in [-0.2, 0) is 4.79 Å². The number of nitrogens with one attached hydrogen (secondary N) is 1. The minimum Gasteiger partial charge on any atom is -0.308 e. The molecular weight excluding hydrogens is 244 g/mol. The Hall–Kier alpha value is -1.42. The quantitative estimate of drug-likeness (QED) is 0.815. The third kappa shape index (κ3) is 2.38. The maximum atomic E-state index is 11.9. The van der Waals surface area contributed by atoms with E-state index in [1.165, 1.54) is 19.3 Å². The summed E-state index contributed by atoms with van der Waals surface area (Å²) in [5.41, 5.74) is 0.554. The average Bonchev–Trinajstić information content (AvgIpc) is 3.02. The van der Waals surface area contributed by atoms with Gasteiger partial charge in [0.1, 0.15) is 11.5 Å². The Bertz CT molecular complexity index is 496. The molecule has 1 saturated carbocycles. The second-order valence-corrected chi connectivity index (χ2v) is 5.81. The van der Waals surface area contributed by atoms with Crippen molar-refractivity contribution in [3.05, 3.63) is 28.1 Å². The molecule has 0 unspecified atom stereocenters. The molecule has 1 fully saturated rings. The summed E-state index contributed by atoms with van der Waals surface area (Å²) in [6, 6.07) is 3.98. The van der Waals surface area contributed by atoms with Crippen LogP contribution in [-0.4, -0.2) is 11.7 Å². The van der Waals surface area contributed by atoms with Crippen molar-refractivity contribution in [2.45, 2.75) is 32.1 Å². The molecule has 1 aliphatic carbocycles. The molecule has 2 aliphatic rings. The zero-order chi connectivity index (χ0) is 12.4. The Kier molecular flexibility index (Phi) is 3.28. The number of amides is 1. The number of hydrogen-bond acceptors (Lipinski definition) is 3. The molecule has 0 atom stereocenters. The van der Waals surface area contributed by atoms with E-state index in [2.05, 4.69) is 10.3 Å². The number of thiophene rings is 1. The van der Waals surface area contributed by atoms with Gasteiger partial charge in [0.05, 0.1) is 0 Å². The molecule has 0 spiro atoms. The van der Waals surface area contributed by atoms with Crippen molar-refractivity contribution in [2.75, 3.05) is 0 Å². The molecule has 1 amide bonds. The van der Waals surface area contributed by atoms with Crippen LogP contribution in [0.15, 0.2) is 28.2 Å². The minimum absolute atomic E-state index is 0.0519. The second kappa shape index (κ2) is 5.06. The molecular formula is C14H16N2OS. The van der Waals surface area contributed by atoms with E-state index < -0.39 is 0 Å². The van der Waals surface area contributed by atoms with Crippen LogP contribution in [0, 0.1) is 5.92 Å². The zero-order valence-corrected chi connectivity index (χ0v) is 11.0. The Labute approximate surface area is 111 Å². The van der Waals surface area contributed by atoms with Crippen molar-refractivity contribution >= 4 is 29.2 Å². The van der Waals surface area contributed by atoms with Crippen molar-refractivity contribution in [1.29, 1.82) is 0 Å². The molecule has 0 saturated heterocycles. The summed E-state index contributed by atoms with van der Waals surface area (Å²) >= 11 is 1.62. The molecule has 2 heterocycles. The zero-order valence-electron chi connectivity index (χ0n) is 10.2. The Balaban J connectivity index is 1.80. The minimum atomic E-state index is -0.0519. The molecule has 3 nitrogen and oxygen atoms in total. The maximum absolute atomic E-state index is 11.9. The van der Waals surface area contributed by atoms with Gasteiger partial charge in [0.15, 0.2) is 0 Å². The van der Waals surface area contributed by atoms with Crippen LogP contribution in [0.3, 0.4) is 0 Å². The molecule has 94 valence electrons. The molecule has 0 aromatic carbocycles. The number of amidine groups is 1. The van der Waals surface area contributed by atoms with Crippen LogP contribution in [0.5, 0.6) is 0 Å². The van der Waals surface area contributed by atoms with Crippen molar-refractivity contribution in [3.8, 4) is 0 Å². The highest BCUT2D eigenvalue weighted by Gasteiger charge is 2.27. The molecule has 1 N–H and O–H groups in total. The molecule has 3 rings (SSSR count). The molecule has 0 radical (unpaired) electrons. The van der Waals surface area contributed by atoms with E-state index >= 15 is 0 Å². The molecule has 0 bridgehead atoms. The third-order valence-corrected chi connectivity index (χ3v) is 4.35. The van der Waals surface area contributed by atoms with Crippen LogP contribution >= 0.6 is 11.3 Å². The first kappa shape index (κ1) is 11.7. The van der Waals surface area contributed by atoms with E-state index in [0.29, 0.717) is 11.6 Å². The highest BCUT2D eigenvalue weighted by Crippen LogP contribution is 2.27. The predicted molar refractivity (Wildman–Crippen MR) is 74.4 cm³/mol. The lowest BCUT2D eigenvalue weighted by Crippen LogP contribution is -2.31. The highest BCUT2D eigenvalue weighted by molar-refractivity contribution is 7.10. The van der Waals surface area contributed by atoms with Gasteiger partial charge in [-0.25, -0.2) is 4.99 Å². The topological polar surface area (TPSA) is 41.5 Å². The Morgan fingerprint density at radius 3 is 2.89 bits per heavy atom. The molecule has 1 aromatic heterocycles. The van der Waals surface area contributed by atoms with Gasteiger partial charge in [0.2, 0.25) is 0 Å². The molecule has 1 aliphatic heterocycles. The van der Waals surface area contributed by atoms with Gasteiger partial charge in [-0.15, -0.1) is 11.3 Å². The van der Waals surface area contributed by atoms with Crippen LogP contribution in [0.2, 0.25) is 0 Å². The fraction of sp³-hybridized carbons (Fsp3) is 0.429. The summed E-state index contributed by atoms with van der Waals surface area (Å²) in [4.78, 5) is 17.4. The van der Waals surface area contributed by atoms with Crippen LogP contribution in [0.25, 0.3) is 6.08 Å². The monoisotopic (exact) mass is 260 g/mol. The fourth-order valence-corrected chi connectivity index (χ4v) is 3.22.